The number of nitrogens with zero attached hydrogens (tertiary/aromatic N) is 1. The molecule has 0 fully saturated rings. The van der Waals surface area contributed by atoms with Gasteiger partial charge in [-0.2, -0.15) is 0 Å². The molecule has 0 aliphatic heterocycles. The van der Waals surface area contributed by atoms with Crippen LogP contribution >= 0.6 is 0 Å². The molecule has 0 atom stereocenters. The van der Waals surface area contributed by atoms with Gasteiger partial charge in [0.25, 0.3) is 0 Å². The van der Waals surface area contributed by atoms with Gasteiger partial charge in [-0.3, -0.25) is 4.90 Å². The highest BCUT2D eigenvalue weighted by atomic mass is 19.1. The van der Waals surface area contributed by atoms with Crippen molar-refractivity contribution in [2.24, 2.45) is 0 Å². The molecule has 1 aromatic heterocycles. The van der Waals surface area contributed by atoms with Gasteiger partial charge in [0.2, 0.25) is 0 Å². The zero-order valence-corrected chi connectivity index (χ0v) is 10.2. The fraction of sp³-hybridized carbons (Fsp3) is 0.154. The standard InChI is InChI=1S/C13H12F2N2O2/c1-16-13(18)17(8-12-3-2-4-19-12)11-6-9(14)5-10(15)7-11/h2-7H,8H2,1H3,(H,16,18). The lowest BCUT2D eigenvalue weighted by Gasteiger charge is -2.21. The fourth-order valence-electron chi connectivity index (χ4n) is 1.67. The number of rotatable bonds is 3. The summed E-state index contributed by atoms with van der Waals surface area (Å²) in [6, 6.07) is 5.78. The maximum atomic E-state index is 13.2. The lowest BCUT2D eigenvalue weighted by atomic mass is 10.2. The summed E-state index contributed by atoms with van der Waals surface area (Å²) >= 11 is 0. The molecule has 100 valence electrons. The fourth-order valence-corrected chi connectivity index (χ4v) is 1.67. The van der Waals surface area contributed by atoms with Crippen LogP contribution in [0.25, 0.3) is 0 Å². The van der Waals surface area contributed by atoms with Crippen molar-refractivity contribution in [1.29, 1.82) is 0 Å². The molecule has 0 spiro atoms. The van der Waals surface area contributed by atoms with Crippen molar-refractivity contribution in [3.05, 3.63) is 54.0 Å². The Labute approximate surface area is 108 Å². The minimum Gasteiger partial charge on any atom is -0.467 e. The SMILES string of the molecule is CNC(=O)N(Cc1ccco1)c1cc(F)cc(F)c1. The normalized spacial score (nSPS) is 10.3. The van der Waals surface area contributed by atoms with E-state index in [1.165, 1.54) is 18.2 Å². The lowest BCUT2D eigenvalue weighted by Crippen LogP contribution is -2.37. The Kier molecular flexibility index (Phi) is 3.79. The van der Waals surface area contributed by atoms with Gasteiger partial charge in [0.15, 0.2) is 0 Å². The van der Waals surface area contributed by atoms with Gasteiger partial charge in [-0.1, -0.05) is 0 Å². The molecular formula is C13H12F2N2O2. The average molecular weight is 266 g/mol. The molecule has 0 unspecified atom stereocenters. The van der Waals surface area contributed by atoms with Gasteiger partial charge < -0.3 is 9.73 Å². The van der Waals surface area contributed by atoms with Gasteiger partial charge in [0.1, 0.15) is 17.4 Å². The van der Waals surface area contributed by atoms with E-state index in [2.05, 4.69) is 5.32 Å². The van der Waals surface area contributed by atoms with Crippen LogP contribution in [0.2, 0.25) is 0 Å². The van der Waals surface area contributed by atoms with Gasteiger partial charge in [0.05, 0.1) is 18.5 Å². The van der Waals surface area contributed by atoms with Crippen LogP contribution in [0.5, 0.6) is 0 Å². The van der Waals surface area contributed by atoms with E-state index in [4.69, 9.17) is 4.42 Å². The van der Waals surface area contributed by atoms with Crippen LogP contribution in [-0.2, 0) is 6.54 Å². The van der Waals surface area contributed by atoms with E-state index in [0.29, 0.717) is 5.76 Å². The maximum absolute atomic E-state index is 13.2. The second-order valence-electron chi connectivity index (χ2n) is 3.85. The predicted molar refractivity (Wildman–Crippen MR) is 65.7 cm³/mol. The van der Waals surface area contributed by atoms with E-state index in [1.807, 2.05) is 0 Å². The van der Waals surface area contributed by atoms with Crippen LogP contribution in [0.15, 0.2) is 41.0 Å². The lowest BCUT2D eigenvalue weighted by molar-refractivity contribution is 0.247. The van der Waals surface area contributed by atoms with Crippen molar-refractivity contribution in [1.82, 2.24) is 5.32 Å². The molecule has 0 aliphatic carbocycles. The molecule has 1 N–H and O–H groups in total. The summed E-state index contributed by atoms with van der Waals surface area (Å²) in [7, 11) is 1.44. The molecule has 2 amide bonds. The monoisotopic (exact) mass is 266 g/mol. The van der Waals surface area contributed by atoms with Crippen molar-refractivity contribution >= 4 is 11.7 Å². The number of carbonyl (C=O) groups is 1. The van der Waals surface area contributed by atoms with E-state index < -0.39 is 17.7 Å². The van der Waals surface area contributed by atoms with Crippen LogP contribution in [0.1, 0.15) is 5.76 Å². The highest BCUT2D eigenvalue weighted by Crippen LogP contribution is 2.20. The largest absolute Gasteiger partial charge is 0.467 e. The number of anilines is 1. The molecular weight excluding hydrogens is 254 g/mol. The molecule has 6 heteroatoms. The van der Waals surface area contributed by atoms with E-state index in [-0.39, 0.29) is 12.2 Å². The molecule has 19 heavy (non-hydrogen) atoms. The average Bonchev–Trinajstić information content (AvgIpc) is 2.86. The van der Waals surface area contributed by atoms with Crippen LogP contribution in [0, 0.1) is 11.6 Å². The van der Waals surface area contributed by atoms with Crippen LogP contribution in [-0.4, -0.2) is 13.1 Å². The molecule has 0 aliphatic rings. The second-order valence-corrected chi connectivity index (χ2v) is 3.85. The number of halogens is 2. The number of benzene rings is 1. The number of furan rings is 1. The predicted octanol–water partition coefficient (Wildman–Crippen LogP) is 2.90. The summed E-state index contributed by atoms with van der Waals surface area (Å²) in [5.41, 5.74) is 0.119. The molecule has 1 aromatic carbocycles. The van der Waals surface area contributed by atoms with Gasteiger partial charge >= 0.3 is 6.03 Å². The van der Waals surface area contributed by atoms with Crippen LogP contribution in [0.3, 0.4) is 0 Å². The summed E-state index contributed by atoms with van der Waals surface area (Å²) in [5.74, 6) is -0.986. The topological polar surface area (TPSA) is 45.5 Å². The number of nitrogens with one attached hydrogen (secondary N) is 1. The summed E-state index contributed by atoms with van der Waals surface area (Å²) < 4.78 is 31.6. The summed E-state index contributed by atoms with van der Waals surface area (Å²) in [4.78, 5) is 13.0. The molecule has 0 saturated heterocycles. The Hall–Kier alpha value is -2.37. The highest BCUT2D eigenvalue weighted by molar-refractivity contribution is 5.91. The molecule has 4 nitrogen and oxygen atoms in total. The maximum Gasteiger partial charge on any atom is 0.322 e. The zero-order chi connectivity index (χ0) is 13.8. The second kappa shape index (κ2) is 5.51. The molecule has 2 aromatic rings. The van der Waals surface area contributed by atoms with Crippen LogP contribution in [0.4, 0.5) is 19.3 Å². The molecule has 0 saturated carbocycles. The number of hydrogen-bond donors (Lipinski definition) is 1. The Bertz CT molecular complexity index is 550. The first-order valence-corrected chi connectivity index (χ1v) is 5.58. The van der Waals surface area contributed by atoms with Crippen molar-refractivity contribution in [2.75, 3.05) is 11.9 Å². The van der Waals surface area contributed by atoms with E-state index in [1.54, 1.807) is 12.1 Å². The Morgan fingerprint density at radius 3 is 2.53 bits per heavy atom. The number of hydrogen-bond acceptors (Lipinski definition) is 2. The van der Waals surface area contributed by atoms with Crippen molar-refractivity contribution in [3.63, 3.8) is 0 Å². The van der Waals surface area contributed by atoms with Gasteiger partial charge in [-0.25, -0.2) is 13.6 Å². The molecule has 2 rings (SSSR count). The van der Waals surface area contributed by atoms with E-state index in [9.17, 15) is 13.6 Å². The Morgan fingerprint density at radius 2 is 2.00 bits per heavy atom. The van der Waals surface area contributed by atoms with E-state index >= 15 is 0 Å². The van der Waals surface area contributed by atoms with Gasteiger partial charge in [0, 0.05) is 13.1 Å². The minimum atomic E-state index is -0.747. The van der Waals surface area contributed by atoms with Gasteiger partial charge in [-0.15, -0.1) is 0 Å². The summed E-state index contributed by atoms with van der Waals surface area (Å²) in [5, 5.41) is 2.42. The third-order valence-electron chi connectivity index (χ3n) is 2.51. The number of urea groups is 1. The third kappa shape index (κ3) is 3.09. The highest BCUT2D eigenvalue weighted by Gasteiger charge is 2.17. The van der Waals surface area contributed by atoms with Crippen molar-refractivity contribution < 1.29 is 18.0 Å². The first-order chi connectivity index (χ1) is 9.10. The number of carbonyl (C=O) groups excluding carboxylic acids is 1. The minimum absolute atomic E-state index is 0.0789. The van der Waals surface area contributed by atoms with E-state index in [0.717, 1.165) is 18.2 Å². The molecule has 0 radical (unpaired) electrons. The first kappa shape index (κ1) is 13.1. The Morgan fingerprint density at radius 1 is 1.32 bits per heavy atom. The van der Waals surface area contributed by atoms with Gasteiger partial charge in [-0.05, 0) is 24.3 Å². The third-order valence-corrected chi connectivity index (χ3v) is 2.51. The molecule has 0 bridgehead atoms. The molecule has 1 heterocycles. The summed E-state index contributed by atoms with van der Waals surface area (Å²) in [6.07, 6.45) is 1.46. The smallest absolute Gasteiger partial charge is 0.322 e. The quantitative estimate of drug-likeness (QED) is 0.928. The van der Waals surface area contributed by atoms with Crippen molar-refractivity contribution in [3.8, 4) is 0 Å². The van der Waals surface area contributed by atoms with Crippen LogP contribution < -0.4 is 10.2 Å². The summed E-state index contributed by atoms with van der Waals surface area (Å²) in [6.45, 7) is 0.0789. The Balaban J connectivity index is 2.34. The first-order valence-electron chi connectivity index (χ1n) is 5.58. The zero-order valence-electron chi connectivity index (χ0n) is 10.2. The van der Waals surface area contributed by atoms with Crippen molar-refractivity contribution in [2.45, 2.75) is 6.54 Å². The number of amides is 2.